The van der Waals surface area contributed by atoms with E-state index >= 15 is 0 Å². The minimum atomic E-state index is -3.70. The Morgan fingerprint density at radius 3 is 1.80 bits per heavy atom. The van der Waals surface area contributed by atoms with E-state index < -0.39 is 6.72 Å². The van der Waals surface area contributed by atoms with E-state index in [1.807, 2.05) is 0 Å². The van der Waals surface area contributed by atoms with Crippen molar-refractivity contribution in [2.45, 2.75) is 0 Å². The Balaban J connectivity index is 2.07. The summed E-state index contributed by atoms with van der Waals surface area (Å²) < 4.78 is 4.78. The van der Waals surface area contributed by atoms with Crippen LogP contribution in [0.5, 0.6) is 5.75 Å². The van der Waals surface area contributed by atoms with E-state index in [0.29, 0.717) is 16.4 Å². The highest BCUT2D eigenvalue weighted by Crippen LogP contribution is 2.38. The van der Waals surface area contributed by atoms with Crippen molar-refractivity contribution < 1.29 is 14.3 Å². The predicted molar refractivity (Wildman–Crippen MR) is 81.4 cm³/mol. The molecule has 0 saturated heterocycles. The molecule has 0 aliphatic rings. The zero-order chi connectivity index (χ0) is 14.6. The van der Waals surface area contributed by atoms with Gasteiger partial charge >= 0.3 is 6.72 Å². The van der Waals surface area contributed by atoms with Gasteiger partial charge in [-0.2, -0.15) is 10.2 Å². The quantitative estimate of drug-likeness (QED) is 0.646. The molecule has 104 valence electrons. The summed E-state index contributed by atoms with van der Waals surface area (Å²) in [6.45, 7) is -3.70. The molecule has 5 nitrogen and oxygen atoms in total. The Labute approximate surface area is 125 Å². The van der Waals surface area contributed by atoms with Gasteiger partial charge in [-0.1, -0.05) is 11.6 Å². The number of hydrogen-bond acceptors (Lipinski definition) is 4. The van der Waals surface area contributed by atoms with Crippen LogP contribution in [0.15, 0.2) is 58.8 Å². The van der Waals surface area contributed by atoms with Crippen LogP contribution >= 0.6 is 18.3 Å². The summed E-state index contributed by atoms with van der Waals surface area (Å²) in [5, 5.41) is 8.70. The number of azo groups is 1. The van der Waals surface area contributed by atoms with Crippen molar-refractivity contribution in [3.05, 3.63) is 53.6 Å². The summed E-state index contributed by atoms with van der Waals surface area (Å²) in [7, 11) is 0. The van der Waals surface area contributed by atoms with Gasteiger partial charge in [-0.05, 0) is 48.5 Å². The molecule has 2 aromatic carbocycles. The Hall–Kier alpha value is -1.30. The van der Waals surface area contributed by atoms with E-state index in [4.69, 9.17) is 25.9 Å². The third kappa shape index (κ3) is 5.00. The maximum atomic E-state index is 9.02. The number of rotatable bonds is 4. The van der Waals surface area contributed by atoms with Crippen LogP contribution in [-0.2, 0) is 11.8 Å². The standard InChI is InChI=1S/C12H10ClN2O3PS/c13-9-1-3-10(4-2-9)14-15-11-5-7-12(8-6-11)18-19(16,17)20/h1-8H,(H2,16,17,20). The molecule has 2 rings (SSSR count). The third-order valence-corrected chi connectivity index (χ3v) is 3.09. The zero-order valence-electron chi connectivity index (χ0n) is 10.0. The Morgan fingerprint density at radius 1 is 0.900 bits per heavy atom. The minimum Gasteiger partial charge on any atom is -0.424 e. The molecular weight excluding hydrogens is 319 g/mol. The van der Waals surface area contributed by atoms with Crippen molar-refractivity contribution in [3.63, 3.8) is 0 Å². The molecule has 8 heteroatoms. The molecule has 2 N–H and O–H groups in total. The molecule has 0 spiro atoms. The van der Waals surface area contributed by atoms with Crippen molar-refractivity contribution in [3.8, 4) is 5.75 Å². The molecular formula is C12H10ClN2O3PS. The van der Waals surface area contributed by atoms with Crippen LogP contribution in [0.4, 0.5) is 11.4 Å². The average Bonchev–Trinajstić information content (AvgIpc) is 2.38. The molecule has 0 radical (unpaired) electrons. The van der Waals surface area contributed by atoms with Crippen LogP contribution in [0.25, 0.3) is 0 Å². The molecule has 20 heavy (non-hydrogen) atoms. The van der Waals surface area contributed by atoms with Gasteiger partial charge in [-0.25, -0.2) is 0 Å². The van der Waals surface area contributed by atoms with Crippen molar-refractivity contribution in [1.82, 2.24) is 0 Å². The van der Waals surface area contributed by atoms with Crippen LogP contribution in [0, 0.1) is 0 Å². The fourth-order valence-corrected chi connectivity index (χ4v) is 2.11. The normalized spacial score (nSPS) is 11.8. The summed E-state index contributed by atoms with van der Waals surface area (Å²) >= 11 is 10.1. The molecule has 0 saturated carbocycles. The van der Waals surface area contributed by atoms with Gasteiger partial charge < -0.3 is 14.3 Å². The number of hydrogen-bond donors (Lipinski definition) is 2. The summed E-state index contributed by atoms with van der Waals surface area (Å²) in [5.41, 5.74) is 1.27. The summed E-state index contributed by atoms with van der Waals surface area (Å²) in [4.78, 5) is 18.0. The van der Waals surface area contributed by atoms with Crippen LogP contribution in [0.1, 0.15) is 0 Å². The van der Waals surface area contributed by atoms with Crippen molar-refractivity contribution >= 4 is 41.5 Å². The molecule has 0 fully saturated rings. The lowest BCUT2D eigenvalue weighted by Gasteiger charge is -2.09. The monoisotopic (exact) mass is 328 g/mol. The fourth-order valence-electron chi connectivity index (χ4n) is 1.33. The van der Waals surface area contributed by atoms with E-state index in [2.05, 4.69) is 22.0 Å². The highest BCUT2D eigenvalue weighted by molar-refractivity contribution is 8.06. The lowest BCUT2D eigenvalue weighted by atomic mass is 10.3. The van der Waals surface area contributed by atoms with E-state index in [1.165, 1.54) is 12.1 Å². The first kappa shape index (κ1) is 15.1. The van der Waals surface area contributed by atoms with Gasteiger partial charge in [0.15, 0.2) is 0 Å². The maximum absolute atomic E-state index is 9.02. The summed E-state index contributed by atoms with van der Waals surface area (Å²) in [6, 6.07) is 13.3. The first-order valence-corrected chi connectivity index (χ1v) is 8.45. The minimum absolute atomic E-state index is 0.267. The molecule has 2 aromatic rings. The zero-order valence-corrected chi connectivity index (χ0v) is 12.5. The lowest BCUT2D eigenvalue weighted by Crippen LogP contribution is -1.88. The average molecular weight is 329 g/mol. The second-order valence-electron chi connectivity index (χ2n) is 3.75. The van der Waals surface area contributed by atoms with Gasteiger partial charge in [0.2, 0.25) is 0 Å². The first-order chi connectivity index (χ1) is 9.42. The van der Waals surface area contributed by atoms with Crippen LogP contribution in [-0.4, -0.2) is 9.79 Å². The largest absolute Gasteiger partial charge is 0.424 e. The number of nitrogens with zero attached hydrogens (tertiary/aromatic N) is 2. The molecule has 0 aliphatic carbocycles. The molecule has 0 amide bonds. The van der Waals surface area contributed by atoms with Crippen molar-refractivity contribution in [2.24, 2.45) is 10.2 Å². The van der Waals surface area contributed by atoms with Gasteiger partial charge in [0.1, 0.15) is 5.75 Å². The van der Waals surface area contributed by atoms with Crippen molar-refractivity contribution in [1.29, 1.82) is 0 Å². The second kappa shape index (κ2) is 6.43. The van der Waals surface area contributed by atoms with E-state index in [-0.39, 0.29) is 5.75 Å². The summed E-state index contributed by atoms with van der Waals surface area (Å²) in [6.07, 6.45) is 0. The van der Waals surface area contributed by atoms with E-state index in [1.54, 1.807) is 36.4 Å². The highest BCUT2D eigenvalue weighted by Gasteiger charge is 2.09. The highest BCUT2D eigenvalue weighted by atomic mass is 35.5. The van der Waals surface area contributed by atoms with Crippen LogP contribution < -0.4 is 4.52 Å². The Bertz CT molecular complexity index is 655. The van der Waals surface area contributed by atoms with Gasteiger partial charge in [-0.3, -0.25) is 0 Å². The second-order valence-corrected chi connectivity index (χ2v) is 6.78. The number of halogens is 1. The molecule has 0 bridgehead atoms. The molecule has 0 heterocycles. The van der Waals surface area contributed by atoms with Gasteiger partial charge in [0, 0.05) is 16.8 Å². The van der Waals surface area contributed by atoms with Gasteiger partial charge in [0.05, 0.1) is 11.4 Å². The Morgan fingerprint density at radius 2 is 1.35 bits per heavy atom. The smallest absolute Gasteiger partial charge is 0.375 e. The molecule has 0 aromatic heterocycles. The molecule has 0 atom stereocenters. The van der Waals surface area contributed by atoms with E-state index in [0.717, 1.165) is 0 Å². The third-order valence-electron chi connectivity index (χ3n) is 2.17. The van der Waals surface area contributed by atoms with Gasteiger partial charge in [0.25, 0.3) is 0 Å². The molecule has 0 aliphatic heterocycles. The van der Waals surface area contributed by atoms with E-state index in [9.17, 15) is 0 Å². The van der Waals surface area contributed by atoms with Crippen LogP contribution in [0.2, 0.25) is 5.02 Å². The SMILES string of the molecule is OP(O)(=S)Oc1ccc(N=Nc2ccc(Cl)cc2)cc1. The predicted octanol–water partition coefficient (Wildman–Crippen LogP) is 4.34. The van der Waals surface area contributed by atoms with Gasteiger partial charge in [-0.15, -0.1) is 0 Å². The molecule has 0 unspecified atom stereocenters. The maximum Gasteiger partial charge on any atom is 0.375 e. The summed E-state index contributed by atoms with van der Waals surface area (Å²) in [5.74, 6) is 0.267. The Kier molecular flexibility index (Phi) is 4.86. The lowest BCUT2D eigenvalue weighted by molar-refractivity contribution is 0.370. The first-order valence-electron chi connectivity index (χ1n) is 5.45. The van der Waals surface area contributed by atoms with Crippen molar-refractivity contribution in [2.75, 3.05) is 0 Å². The fraction of sp³-hybridized carbons (Fsp3) is 0. The van der Waals surface area contributed by atoms with Crippen LogP contribution in [0.3, 0.4) is 0 Å². The topological polar surface area (TPSA) is 74.4 Å². The number of benzene rings is 2.